The van der Waals surface area contributed by atoms with Crippen LogP contribution >= 0.6 is 0 Å². The number of rotatable bonds is 6. The summed E-state index contributed by atoms with van der Waals surface area (Å²) in [6.45, 7) is 5.86. The van der Waals surface area contributed by atoms with E-state index in [0.717, 1.165) is 38.9 Å². The number of carbonyl (C=O) groups excluding carboxylic acids is 1. The molecule has 0 aromatic carbocycles. The maximum Gasteiger partial charge on any atom is 0.246 e. The molecule has 0 saturated carbocycles. The quantitative estimate of drug-likeness (QED) is 0.634. The van der Waals surface area contributed by atoms with Crippen LogP contribution in [0.3, 0.4) is 0 Å². The lowest BCUT2D eigenvalue weighted by Gasteiger charge is -2.22. The van der Waals surface area contributed by atoms with Crippen LogP contribution in [0, 0.1) is 5.92 Å². The fourth-order valence-corrected chi connectivity index (χ4v) is 1.70. The number of ether oxygens (including phenoxy) is 1. The highest BCUT2D eigenvalue weighted by Crippen LogP contribution is 2.09. The van der Waals surface area contributed by atoms with Crippen LogP contribution in [0.2, 0.25) is 0 Å². The Morgan fingerprint density at radius 2 is 2.20 bits per heavy atom. The molecule has 2 N–H and O–H groups in total. The van der Waals surface area contributed by atoms with E-state index in [1.807, 2.05) is 6.92 Å². The van der Waals surface area contributed by atoms with E-state index in [1.165, 1.54) is 0 Å². The normalized spacial score (nSPS) is 17.7. The Labute approximate surface area is 91.8 Å². The lowest BCUT2D eigenvalue weighted by atomic mass is 9.98. The van der Waals surface area contributed by atoms with Gasteiger partial charge in [0.05, 0.1) is 0 Å². The predicted octanol–water partition coefficient (Wildman–Crippen LogP) is 0.529. The third-order valence-electron chi connectivity index (χ3n) is 2.63. The van der Waals surface area contributed by atoms with Gasteiger partial charge < -0.3 is 15.4 Å². The Balaban J connectivity index is 2.00. The molecule has 15 heavy (non-hydrogen) atoms. The second-order valence-electron chi connectivity index (χ2n) is 4.05. The highest BCUT2D eigenvalue weighted by molar-refractivity contribution is 5.77. The maximum absolute atomic E-state index is 11.3. The smallest absolute Gasteiger partial charge is 0.246 e. The molecule has 1 fully saturated rings. The lowest BCUT2D eigenvalue weighted by Crippen LogP contribution is -2.37. The number of carbonyl (C=O) groups is 1. The standard InChI is InChI=1S/C11H22N2O2/c1-2-7-15-9-11(14)13-8-10-3-5-12-6-4-10/h10,12H,2-9H2,1H3,(H,13,14). The zero-order valence-electron chi connectivity index (χ0n) is 9.55. The Bertz CT molecular complexity index is 179. The maximum atomic E-state index is 11.3. The van der Waals surface area contributed by atoms with Crippen molar-refractivity contribution in [1.82, 2.24) is 10.6 Å². The highest BCUT2D eigenvalue weighted by atomic mass is 16.5. The van der Waals surface area contributed by atoms with Crippen molar-refractivity contribution in [3.05, 3.63) is 0 Å². The molecular formula is C11H22N2O2. The van der Waals surface area contributed by atoms with E-state index < -0.39 is 0 Å². The van der Waals surface area contributed by atoms with E-state index in [0.29, 0.717) is 12.5 Å². The van der Waals surface area contributed by atoms with Crippen LogP contribution in [0.4, 0.5) is 0 Å². The number of nitrogens with one attached hydrogen (secondary N) is 2. The molecule has 4 nitrogen and oxygen atoms in total. The zero-order chi connectivity index (χ0) is 10.9. The average molecular weight is 214 g/mol. The van der Waals surface area contributed by atoms with Crippen molar-refractivity contribution in [2.45, 2.75) is 26.2 Å². The molecule has 0 radical (unpaired) electrons. The molecule has 1 aliphatic heterocycles. The highest BCUT2D eigenvalue weighted by Gasteiger charge is 2.13. The van der Waals surface area contributed by atoms with E-state index in [4.69, 9.17) is 4.74 Å². The Kier molecular flexibility index (Phi) is 6.36. The summed E-state index contributed by atoms with van der Waals surface area (Å²) in [6.07, 6.45) is 3.29. The molecule has 1 aliphatic rings. The first kappa shape index (κ1) is 12.5. The summed E-state index contributed by atoms with van der Waals surface area (Å²) in [7, 11) is 0. The van der Waals surface area contributed by atoms with Crippen molar-refractivity contribution < 1.29 is 9.53 Å². The van der Waals surface area contributed by atoms with Crippen LogP contribution in [0.5, 0.6) is 0 Å². The number of piperidine rings is 1. The Hall–Kier alpha value is -0.610. The number of amides is 1. The van der Waals surface area contributed by atoms with Gasteiger partial charge in [-0.2, -0.15) is 0 Å². The molecule has 1 heterocycles. The van der Waals surface area contributed by atoms with Gasteiger partial charge in [-0.05, 0) is 38.3 Å². The number of hydrogen-bond donors (Lipinski definition) is 2. The van der Waals surface area contributed by atoms with Crippen molar-refractivity contribution in [1.29, 1.82) is 0 Å². The molecule has 1 saturated heterocycles. The average Bonchev–Trinajstić information content (AvgIpc) is 2.28. The van der Waals surface area contributed by atoms with Crippen LogP contribution in [-0.2, 0) is 9.53 Å². The van der Waals surface area contributed by atoms with Gasteiger partial charge in [0.15, 0.2) is 0 Å². The third-order valence-corrected chi connectivity index (χ3v) is 2.63. The first-order valence-electron chi connectivity index (χ1n) is 5.88. The summed E-state index contributed by atoms with van der Waals surface area (Å²) in [5.41, 5.74) is 0. The molecule has 0 aromatic rings. The Morgan fingerprint density at radius 3 is 2.87 bits per heavy atom. The van der Waals surface area contributed by atoms with Crippen molar-refractivity contribution >= 4 is 5.91 Å². The fraction of sp³-hybridized carbons (Fsp3) is 0.909. The Morgan fingerprint density at radius 1 is 1.47 bits per heavy atom. The minimum Gasteiger partial charge on any atom is -0.372 e. The SMILES string of the molecule is CCCOCC(=O)NCC1CCNCC1. The third kappa shape index (κ3) is 5.74. The van der Waals surface area contributed by atoms with Crippen LogP contribution in [0.15, 0.2) is 0 Å². The van der Waals surface area contributed by atoms with Gasteiger partial charge >= 0.3 is 0 Å². The van der Waals surface area contributed by atoms with E-state index in [2.05, 4.69) is 10.6 Å². The predicted molar refractivity (Wildman–Crippen MR) is 59.7 cm³/mol. The first-order valence-corrected chi connectivity index (χ1v) is 5.88. The van der Waals surface area contributed by atoms with Gasteiger partial charge in [0.25, 0.3) is 0 Å². The first-order chi connectivity index (χ1) is 7.33. The molecule has 1 rings (SSSR count). The second kappa shape index (κ2) is 7.65. The largest absolute Gasteiger partial charge is 0.372 e. The van der Waals surface area contributed by atoms with Gasteiger partial charge in [-0.25, -0.2) is 0 Å². The molecule has 1 amide bonds. The summed E-state index contributed by atoms with van der Waals surface area (Å²) in [5, 5.41) is 6.23. The van der Waals surface area contributed by atoms with Crippen molar-refractivity contribution in [3.8, 4) is 0 Å². The molecule has 0 unspecified atom stereocenters. The minimum absolute atomic E-state index is 0.0157. The second-order valence-corrected chi connectivity index (χ2v) is 4.05. The van der Waals surface area contributed by atoms with Crippen molar-refractivity contribution in [3.63, 3.8) is 0 Å². The molecule has 0 spiro atoms. The van der Waals surface area contributed by atoms with Crippen LogP contribution in [0.25, 0.3) is 0 Å². The van der Waals surface area contributed by atoms with Gasteiger partial charge in [-0.3, -0.25) is 4.79 Å². The van der Waals surface area contributed by atoms with Crippen LogP contribution in [-0.4, -0.2) is 38.8 Å². The van der Waals surface area contributed by atoms with E-state index in [1.54, 1.807) is 0 Å². The lowest BCUT2D eigenvalue weighted by molar-refractivity contribution is -0.125. The van der Waals surface area contributed by atoms with Crippen LogP contribution < -0.4 is 10.6 Å². The van der Waals surface area contributed by atoms with E-state index in [9.17, 15) is 4.79 Å². The van der Waals surface area contributed by atoms with Gasteiger partial charge in [0.2, 0.25) is 5.91 Å². The van der Waals surface area contributed by atoms with E-state index >= 15 is 0 Å². The van der Waals surface area contributed by atoms with Crippen molar-refractivity contribution in [2.24, 2.45) is 5.92 Å². The molecule has 0 atom stereocenters. The minimum atomic E-state index is 0.0157. The molecule has 0 bridgehead atoms. The summed E-state index contributed by atoms with van der Waals surface area (Å²) in [6, 6.07) is 0. The van der Waals surface area contributed by atoms with Gasteiger partial charge in [-0.15, -0.1) is 0 Å². The van der Waals surface area contributed by atoms with Gasteiger partial charge in [-0.1, -0.05) is 6.92 Å². The fourth-order valence-electron chi connectivity index (χ4n) is 1.70. The summed E-state index contributed by atoms with van der Waals surface area (Å²) in [4.78, 5) is 11.3. The molecular weight excluding hydrogens is 192 g/mol. The van der Waals surface area contributed by atoms with Gasteiger partial charge in [0, 0.05) is 13.2 Å². The summed E-state index contributed by atoms with van der Waals surface area (Å²) in [5.74, 6) is 0.656. The molecule has 88 valence electrons. The summed E-state index contributed by atoms with van der Waals surface area (Å²) >= 11 is 0. The molecule has 0 aliphatic carbocycles. The number of hydrogen-bond acceptors (Lipinski definition) is 3. The van der Waals surface area contributed by atoms with Crippen molar-refractivity contribution in [2.75, 3.05) is 32.8 Å². The van der Waals surface area contributed by atoms with E-state index in [-0.39, 0.29) is 12.5 Å². The van der Waals surface area contributed by atoms with Crippen LogP contribution in [0.1, 0.15) is 26.2 Å². The summed E-state index contributed by atoms with van der Waals surface area (Å²) < 4.78 is 5.16. The van der Waals surface area contributed by atoms with Gasteiger partial charge in [0.1, 0.15) is 6.61 Å². The molecule has 4 heteroatoms. The molecule has 0 aromatic heterocycles. The topological polar surface area (TPSA) is 50.4 Å². The zero-order valence-corrected chi connectivity index (χ0v) is 9.55. The monoisotopic (exact) mass is 214 g/mol.